The van der Waals surface area contributed by atoms with E-state index < -0.39 is 0 Å². The van der Waals surface area contributed by atoms with Crippen molar-refractivity contribution in [2.75, 3.05) is 33.2 Å². The lowest BCUT2D eigenvalue weighted by atomic mass is 9.68. The molecular formula is C16H33N3. The first kappa shape index (κ1) is 15.3. The van der Waals surface area contributed by atoms with E-state index >= 15 is 0 Å². The molecule has 2 fully saturated rings. The van der Waals surface area contributed by atoms with Crippen molar-refractivity contribution >= 4 is 0 Å². The first-order chi connectivity index (χ1) is 8.88. The molecule has 1 unspecified atom stereocenters. The van der Waals surface area contributed by atoms with Crippen molar-refractivity contribution in [1.29, 1.82) is 0 Å². The highest BCUT2D eigenvalue weighted by Crippen LogP contribution is 2.43. The maximum absolute atomic E-state index is 6.25. The van der Waals surface area contributed by atoms with Gasteiger partial charge in [0.2, 0.25) is 0 Å². The largest absolute Gasteiger partial charge is 0.329 e. The maximum Gasteiger partial charge on any atom is 0.0335 e. The third kappa shape index (κ3) is 3.32. The number of rotatable bonds is 2. The van der Waals surface area contributed by atoms with Crippen molar-refractivity contribution in [2.45, 2.75) is 64.5 Å². The van der Waals surface area contributed by atoms with E-state index in [1.807, 2.05) is 0 Å². The van der Waals surface area contributed by atoms with Crippen molar-refractivity contribution in [3.63, 3.8) is 0 Å². The van der Waals surface area contributed by atoms with Crippen molar-refractivity contribution < 1.29 is 0 Å². The smallest absolute Gasteiger partial charge is 0.0335 e. The lowest BCUT2D eigenvalue weighted by Gasteiger charge is -2.51. The molecule has 2 aliphatic rings. The highest BCUT2D eigenvalue weighted by Gasteiger charge is 2.43. The van der Waals surface area contributed by atoms with Gasteiger partial charge in [0.05, 0.1) is 0 Å². The molecule has 112 valence electrons. The van der Waals surface area contributed by atoms with Crippen molar-refractivity contribution in [3.05, 3.63) is 0 Å². The van der Waals surface area contributed by atoms with Crippen LogP contribution >= 0.6 is 0 Å². The fourth-order valence-corrected chi connectivity index (χ4v) is 4.08. The minimum atomic E-state index is 0.278. The van der Waals surface area contributed by atoms with Gasteiger partial charge in [0.15, 0.2) is 0 Å². The maximum atomic E-state index is 6.25. The summed E-state index contributed by atoms with van der Waals surface area (Å²) < 4.78 is 0. The van der Waals surface area contributed by atoms with Gasteiger partial charge in [-0.05, 0) is 58.0 Å². The summed E-state index contributed by atoms with van der Waals surface area (Å²) in [6, 6.07) is 0.636. The van der Waals surface area contributed by atoms with Gasteiger partial charge in [-0.1, -0.05) is 13.8 Å². The number of nitrogens with zero attached hydrogens (tertiary/aromatic N) is 2. The van der Waals surface area contributed by atoms with Crippen molar-refractivity contribution in [1.82, 2.24) is 9.80 Å². The topological polar surface area (TPSA) is 32.5 Å². The van der Waals surface area contributed by atoms with Crippen LogP contribution in [0.1, 0.15) is 52.9 Å². The van der Waals surface area contributed by atoms with Gasteiger partial charge in [-0.3, -0.25) is 4.90 Å². The van der Waals surface area contributed by atoms with Gasteiger partial charge in [-0.2, -0.15) is 0 Å². The molecule has 0 aromatic heterocycles. The fraction of sp³-hybridized carbons (Fsp3) is 1.00. The van der Waals surface area contributed by atoms with Gasteiger partial charge in [0, 0.05) is 31.2 Å². The van der Waals surface area contributed by atoms with Crippen LogP contribution in [0.2, 0.25) is 0 Å². The third-order valence-corrected chi connectivity index (χ3v) is 5.57. The molecular weight excluding hydrogens is 234 g/mol. The Kier molecular flexibility index (Phi) is 4.59. The quantitative estimate of drug-likeness (QED) is 0.833. The second kappa shape index (κ2) is 5.71. The predicted molar refractivity (Wildman–Crippen MR) is 82.3 cm³/mol. The molecule has 19 heavy (non-hydrogen) atoms. The van der Waals surface area contributed by atoms with Crippen molar-refractivity contribution in [3.8, 4) is 0 Å². The average Bonchev–Trinajstić information content (AvgIpc) is 2.52. The highest BCUT2D eigenvalue weighted by atomic mass is 15.3. The average molecular weight is 267 g/mol. The van der Waals surface area contributed by atoms with Crippen LogP contribution in [0.15, 0.2) is 0 Å². The molecule has 1 aliphatic carbocycles. The summed E-state index contributed by atoms with van der Waals surface area (Å²) in [5.41, 5.74) is 7.05. The van der Waals surface area contributed by atoms with E-state index in [-0.39, 0.29) is 5.54 Å². The summed E-state index contributed by atoms with van der Waals surface area (Å²) in [4.78, 5) is 5.23. The molecule has 1 heterocycles. The van der Waals surface area contributed by atoms with Crippen LogP contribution in [0.25, 0.3) is 0 Å². The van der Waals surface area contributed by atoms with Gasteiger partial charge in [-0.15, -0.1) is 0 Å². The van der Waals surface area contributed by atoms with Crippen LogP contribution in [0.5, 0.6) is 0 Å². The lowest BCUT2D eigenvalue weighted by Crippen LogP contribution is -2.60. The third-order valence-electron chi connectivity index (χ3n) is 5.57. The predicted octanol–water partition coefficient (Wildman–Crippen LogP) is 2.31. The minimum Gasteiger partial charge on any atom is -0.329 e. The Bertz CT molecular complexity index is 290. The van der Waals surface area contributed by atoms with Gasteiger partial charge in [0.1, 0.15) is 0 Å². The molecule has 2 N–H and O–H groups in total. The lowest BCUT2D eigenvalue weighted by molar-refractivity contribution is -0.000363. The zero-order valence-corrected chi connectivity index (χ0v) is 13.4. The highest BCUT2D eigenvalue weighted by molar-refractivity contribution is 5.00. The summed E-state index contributed by atoms with van der Waals surface area (Å²) in [6.45, 7) is 11.7. The van der Waals surface area contributed by atoms with Crippen LogP contribution in [0, 0.1) is 5.41 Å². The van der Waals surface area contributed by atoms with Crippen LogP contribution in [0.4, 0.5) is 0 Å². The van der Waals surface area contributed by atoms with Crippen molar-refractivity contribution in [2.24, 2.45) is 11.1 Å². The summed E-state index contributed by atoms with van der Waals surface area (Å²) in [7, 11) is 2.25. The molecule has 1 aliphatic heterocycles. The van der Waals surface area contributed by atoms with Gasteiger partial charge >= 0.3 is 0 Å². The number of likely N-dealkylation sites (N-methyl/N-ethyl adjacent to an activating group) is 1. The Morgan fingerprint density at radius 1 is 1.11 bits per heavy atom. The molecule has 0 amide bonds. The van der Waals surface area contributed by atoms with Crippen LogP contribution in [-0.2, 0) is 0 Å². The zero-order valence-electron chi connectivity index (χ0n) is 13.4. The normalized spacial score (nSPS) is 33.0. The Labute approximate surface area is 119 Å². The summed E-state index contributed by atoms with van der Waals surface area (Å²) in [5, 5.41) is 0. The van der Waals surface area contributed by atoms with Gasteiger partial charge in [-0.25, -0.2) is 0 Å². The molecule has 1 saturated heterocycles. The van der Waals surface area contributed by atoms with Crippen LogP contribution in [-0.4, -0.2) is 54.6 Å². The molecule has 0 aromatic carbocycles. The Hall–Kier alpha value is -0.120. The van der Waals surface area contributed by atoms with E-state index in [4.69, 9.17) is 5.73 Å². The fourth-order valence-electron chi connectivity index (χ4n) is 4.08. The number of nitrogens with two attached hydrogens (primary N) is 1. The van der Waals surface area contributed by atoms with E-state index in [0.29, 0.717) is 11.5 Å². The molecule has 2 rings (SSSR count). The molecule has 3 nitrogen and oxygen atoms in total. The minimum absolute atomic E-state index is 0.278. The zero-order chi connectivity index (χ0) is 14.1. The Morgan fingerprint density at radius 3 is 2.32 bits per heavy atom. The molecule has 3 heteroatoms. The van der Waals surface area contributed by atoms with Gasteiger partial charge < -0.3 is 10.6 Å². The monoisotopic (exact) mass is 267 g/mol. The number of hydrogen-bond acceptors (Lipinski definition) is 3. The van der Waals surface area contributed by atoms with E-state index in [0.717, 1.165) is 6.54 Å². The standard InChI is InChI=1S/C16H33N3/c1-14-12-18(4)10-5-11-19(14)16(13-17)8-6-15(2,3)7-9-16/h14H,5-13,17H2,1-4H3. The van der Waals surface area contributed by atoms with Crippen LogP contribution < -0.4 is 5.73 Å². The van der Waals surface area contributed by atoms with Crippen LogP contribution in [0.3, 0.4) is 0 Å². The summed E-state index contributed by atoms with van der Waals surface area (Å²) in [5.74, 6) is 0. The van der Waals surface area contributed by atoms with E-state index in [2.05, 4.69) is 37.6 Å². The number of hydrogen-bond donors (Lipinski definition) is 1. The molecule has 0 spiro atoms. The summed E-state index contributed by atoms with van der Waals surface area (Å²) >= 11 is 0. The Morgan fingerprint density at radius 2 is 1.74 bits per heavy atom. The summed E-state index contributed by atoms with van der Waals surface area (Å²) in [6.07, 6.45) is 6.49. The van der Waals surface area contributed by atoms with Gasteiger partial charge in [0.25, 0.3) is 0 Å². The second-order valence-electron chi connectivity index (χ2n) is 7.75. The van der Waals surface area contributed by atoms with E-state index in [9.17, 15) is 0 Å². The SMILES string of the molecule is CC1CN(C)CCCN1C1(CN)CCC(C)(C)CC1. The second-order valence-corrected chi connectivity index (χ2v) is 7.75. The molecule has 0 aromatic rings. The first-order valence-corrected chi connectivity index (χ1v) is 8.04. The molecule has 0 bridgehead atoms. The van der Waals surface area contributed by atoms with E-state index in [1.54, 1.807) is 0 Å². The molecule has 0 radical (unpaired) electrons. The molecule has 1 atom stereocenters. The van der Waals surface area contributed by atoms with E-state index in [1.165, 1.54) is 51.7 Å². The molecule has 1 saturated carbocycles. The first-order valence-electron chi connectivity index (χ1n) is 8.04. The Balaban J connectivity index is 2.12.